The lowest BCUT2D eigenvalue weighted by Gasteiger charge is -2.22. The Hall–Kier alpha value is -3.68. The van der Waals surface area contributed by atoms with Crippen molar-refractivity contribution in [3.05, 3.63) is 53.9 Å². The van der Waals surface area contributed by atoms with Crippen molar-refractivity contribution in [2.45, 2.75) is 34.1 Å². The van der Waals surface area contributed by atoms with E-state index in [2.05, 4.69) is 40.3 Å². The number of aryl methyl sites for hydroxylation is 2. The summed E-state index contributed by atoms with van der Waals surface area (Å²) in [6.45, 7) is 10.1. The summed E-state index contributed by atoms with van der Waals surface area (Å²) in [6, 6.07) is 13.4. The van der Waals surface area contributed by atoms with Crippen LogP contribution in [0.5, 0.6) is 0 Å². The molecule has 1 fully saturated rings. The fourth-order valence-corrected chi connectivity index (χ4v) is 4.17. The van der Waals surface area contributed by atoms with Gasteiger partial charge in [-0.25, -0.2) is 0 Å². The van der Waals surface area contributed by atoms with Gasteiger partial charge in [-0.15, -0.1) is 0 Å². The topological polar surface area (TPSA) is 91.6 Å². The van der Waals surface area contributed by atoms with Crippen LogP contribution in [0.15, 0.2) is 47.0 Å². The van der Waals surface area contributed by atoms with Gasteiger partial charge in [0.2, 0.25) is 23.5 Å². The molecule has 0 spiro atoms. The van der Waals surface area contributed by atoms with Crippen LogP contribution in [0.1, 0.15) is 31.7 Å². The molecular weight excluding hydrogens is 418 g/mol. The fraction of sp³-hybridized carbons (Fsp3) is 0.360. The predicted octanol–water partition coefficient (Wildman–Crippen LogP) is 4.19. The minimum absolute atomic E-state index is 0.0785. The molecule has 1 atom stereocenters. The molecule has 8 heteroatoms. The number of anilines is 3. The van der Waals surface area contributed by atoms with Crippen molar-refractivity contribution >= 4 is 28.9 Å². The van der Waals surface area contributed by atoms with Crippen molar-refractivity contribution in [2.75, 3.05) is 34.8 Å². The average Bonchev–Trinajstić information content (AvgIpc) is 3.42. The lowest BCUT2D eigenvalue weighted by molar-refractivity contribution is -0.122. The molecule has 1 saturated heterocycles. The molecule has 1 aromatic heterocycles. The van der Waals surface area contributed by atoms with Crippen LogP contribution in [-0.2, 0) is 9.59 Å². The number of rotatable bonds is 7. The summed E-state index contributed by atoms with van der Waals surface area (Å²) in [5, 5.41) is 6.96. The molecule has 1 aliphatic rings. The Labute approximate surface area is 193 Å². The zero-order chi connectivity index (χ0) is 23.5. The van der Waals surface area contributed by atoms with E-state index in [-0.39, 0.29) is 18.2 Å². The molecule has 0 saturated carbocycles. The zero-order valence-corrected chi connectivity index (χ0v) is 19.5. The van der Waals surface area contributed by atoms with Crippen LogP contribution in [0.4, 0.5) is 17.1 Å². The summed E-state index contributed by atoms with van der Waals surface area (Å²) >= 11 is 0. The highest BCUT2D eigenvalue weighted by molar-refractivity contribution is 6.04. The predicted molar refractivity (Wildman–Crippen MR) is 128 cm³/mol. The number of aromatic nitrogens is 2. The third kappa shape index (κ3) is 4.74. The Morgan fingerprint density at radius 2 is 1.97 bits per heavy atom. The maximum atomic E-state index is 13.0. The molecule has 0 aliphatic carbocycles. The van der Waals surface area contributed by atoms with Crippen molar-refractivity contribution in [3.63, 3.8) is 0 Å². The van der Waals surface area contributed by atoms with Crippen LogP contribution in [0.2, 0.25) is 0 Å². The van der Waals surface area contributed by atoms with Gasteiger partial charge in [-0.05, 0) is 56.7 Å². The molecule has 8 nitrogen and oxygen atoms in total. The van der Waals surface area contributed by atoms with Crippen LogP contribution in [0.25, 0.3) is 11.4 Å². The van der Waals surface area contributed by atoms with Gasteiger partial charge in [0.25, 0.3) is 0 Å². The molecule has 33 heavy (non-hydrogen) atoms. The van der Waals surface area contributed by atoms with E-state index in [0.29, 0.717) is 18.3 Å². The van der Waals surface area contributed by atoms with Gasteiger partial charge < -0.3 is 19.6 Å². The highest BCUT2D eigenvalue weighted by atomic mass is 16.5. The monoisotopic (exact) mass is 447 g/mol. The first-order chi connectivity index (χ1) is 15.9. The molecular formula is C25H29N5O3. The van der Waals surface area contributed by atoms with Crippen LogP contribution in [-0.4, -0.2) is 41.6 Å². The maximum absolute atomic E-state index is 13.0. The van der Waals surface area contributed by atoms with E-state index >= 15 is 0 Å². The lowest BCUT2D eigenvalue weighted by Crippen LogP contribution is -2.28. The van der Waals surface area contributed by atoms with Crippen LogP contribution < -0.4 is 15.1 Å². The first-order valence-electron chi connectivity index (χ1n) is 11.3. The minimum atomic E-state index is -0.421. The highest BCUT2D eigenvalue weighted by Gasteiger charge is 2.35. The van der Waals surface area contributed by atoms with E-state index in [1.54, 1.807) is 11.8 Å². The van der Waals surface area contributed by atoms with Crippen molar-refractivity contribution in [1.29, 1.82) is 0 Å². The summed E-state index contributed by atoms with van der Waals surface area (Å²) in [7, 11) is 0. The molecule has 2 amide bonds. The number of amides is 2. The number of nitrogens with zero attached hydrogens (tertiary/aromatic N) is 4. The summed E-state index contributed by atoms with van der Waals surface area (Å²) in [5.41, 5.74) is 4.38. The standard InChI is InChI=1S/C25H29N5O3/c1-5-29(6-2)20-10-11-22(16(3)12-20)27-25(32)19-14-23(31)30(15-19)21-9-7-8-18(13-21)24-26-17(4)33-28-24/h7-13,19H,5-6,14-15H2,1-4H3,(H,27,32)/t19-/m0/s1. The zero-order valence-electron chi connectivity index (χ0n) is 19.5. The SMILES string of the molecule is CCN(CC)c1ccc(NC(=O)[C@H]2CC(=O)N(c3cccc(-c4noc(C)n4)c3)C2)c(C)c1. The minimum Gasteiger partial charge on any atom is -0.372 e. The summed E-state index contributed by atoms with van der Waals surface area (Å²) in [6.07, 6.45) is 0.175. The molecule has 2 aromatic carbocycles. The Bertz CT molecular complexity index is 1170. The normalized spacial score (nSPS) is 15.7. The fourth-order valence-electron chi connectivity index (χ4n) is 4.17. The quantitative estimate of drug-likeness (QED) is 0.584. The average molecular weight is 448 g/mol. The number of hydrogen-bond acceptors (Lipinski definition) is 6. The molecule has 0 bridgehead atoms. The van der Waals surface area contributed by atoms with E-state index in [9.17, 15) is 9.59 Å². The molecule has 0 unspecified atom stereocenters. The maximum Gasteiger partial charge on any atom is 0.229 e. The Kier molecular flexibility index (Phi) is 6.44. The van der Waals surface area contributed by atoms with Gasteiger partial charge >= 0.3 is 0 Å². The Morgan fingerprint density at radius 3 is 2.64 bits per heavy atom. The van der Waals surface area contributed by atoms with Crippen LogP contribution in [0, 0.1) is 19.8 Å². The van der Waals surface area contributed by atoms with Gasteiger partial charge in [0.1, 0.15) is 0 Å². The smallest absolute Gasteiger partial charge is 0.229 e. The highest BCUT2D eigenvalue weighted by Crippen LogP contribution is 2.30. The van der Waals surface area contributed by atoms with E-state index in [0.717, 1.165) is 41.3 Å². The van der Waals surface area contributed by atoms with Gasteiger partial charge in [-0.1, -0.05) is 17.3 Å². The van der Waals surface area contributed by atoms with Crippen molar-refractivity contribution in [2.24, 2.45) is 5.92 Å². The second-order valence-electron chi connectivity index (χ2n) is 8.25. The first kappa shape index (κ1) is 22.5. The molecule has 1 aliphatic heterocycles. The Morgan fingerprint density at radius 1 is 1.18 bits per heavy atom. The van der Waals surface area contributed by atoms with Crippen molar-refractivity contribution in [1.82, 2.24) is 10.1 Å². The van der Waals surface area contributed by atoms with E-state index in [1.807, 2.05) is 43.3 Å². The van der Waals surface area contributed by atoms with E-state index in [1.165, 1.54) is 0 Å². The van der Waals surface area contributed by atoms with Gasteiger partial charge in [0.05, 0.1) is 5.92 Å². The Balaban J connectivity index is 1.46. The van der Waals surface area contributed by atoms with E-state index in [4.69, 9.17) is 4.52 Å². The van der Waals surface area contributed by atoms with Crippen molar-refractivity contribution < 1.29 is 14.1 Å². The lowest BCUT2D eigenvalue weighted by atomic mass is 10.1. The third-order valence-corrected chi connectivity index (χ3v) is 6.04. The second kappa shape index (κ2) is 9.44. The van der Waals surface area contributed by atoms with Gasteiger partial charge in [-0.2, -0.15) is 4.98 Å². The summed E-state index contributed by atoms with van der Waals surface area (Å²) in [4.78, 5) is 33.9. The number of nitrogens with one attached hydrogen (secondary N) is 1. The molecule has 4 rings (SSSR count). The molecule has 3 aromatic rings. The van der Waals surface area contributed by atoms with Gasteiger partial charge in [-0.3, -0.25) is 9.59 Å². The summed E-state index contributed by atoms with van der Waals surface area (Å²) in [5.74, 6) is 0.304. The first-order valence-corrected chi connectivity index (χ1v) is 11.3. The number of benzene rings is 2. The van der Waals surface area contributed by atoms with Crippen LogP contribution in [0.3, 0.4) is 0 Å². The molecule has 1 N–H and O–H groups in total. The third-order valence-electron chi connectivity index (χ3n) is 6.04. The van der Waals surface area contributed by atoms with Crippen molar-refractivity contribution in [3.8, 4) is 11.4 Å². The number of carbonyl (C=O) groups is 2. The van der Waals surface area contributed by atoms with Crippen LogP contribution >= 0.6 is 0 Å². The molecule has 172 valence electrons. The molecule has 2 heterocycles. The van der Waals surface area contributed by atoms with E-state index < -0.39 is 5.92 Å². The largest absolute Gasteiger partial charge is 0.372 e. The molecule has 0 radical (unpaired) electrons. The second-order valence-corrected chi connectivity index (χ2v) is 8.25. The van der Waals surface area contributed by atoms with Gasteiger partial charge in [0, 0.05) is 55.6 Å². The van der Waals surface area contributed by atoms with Gasteiger partial charge in [0.15, 0.2) is 0 Å². The number of hydrogen-bond donors (Lipinski definition) is 1. The number of carbonyl (C=O) groups excluding carboxylic acids is 2. The summed E-state index contributed by atoms with van der Waals surface area (Å²) < 4.78 is 5.06.